The van der Waals surface area contributed by atoms with Gasteiger partial charge in [-0.05, 0) is 45.1 Å². The molecule has 1 aliphatic heterocycles. The van der Waals surface area contributed by atoms with Crippen LogP contribution < -0.4 is 10.2 Å². The van der Waals surface area contributed by atoms with E-state index in [1.165, 1.54) is 0 Å². The largest absolute Gasteiger partial charge is 0.354 e. The molecule has 0 atom stereocenters. The predicted octanol–water partition coefficient (Wildman–Crippen LogP) is 3.74. The summed E-state index contributed by atoms with van der Waals surface area (Å²) in [6, 6.07) is 1.77. The molecular formula is C17H28FN3. The maximum absolute atomic E-state index is 14.7. The first-order chi connectivity index (χ1) is 9.68. The molecule has 1 saturated heterocycles. The number of hydrogen-bond donors (Lipinski definition) is 1. The van der Waals surface area contributed by atoms with Crippen LogP contribution in [0.5, 0.6) is 0 Å². The Morgan fingerprint density at radius 1 is 1.29 bits per heavy atom. The normalized spacial score (nSPS) is 18.9. The van der Waals surface area contributed by atoms with Crippen LogP contribution in [0.15, 0.2) is 12.3 Å². The zero-order chi connectivity index (χ0) is 15.7. The van der Waals surface area contributed by atoms with E-state index in [9.17, 15) is 4.39 Å². The van der Waals surface area contributed by atoms with Gasteiger partial charge in [0.2, 0.25) is 0 Å². The molecule has 0 saturated carbocycles. The molecule has 0 aliphatic carbocycles. The quantitative estimate of drug-likeness (QED) is 0.920. The molecule has 0 spiro atoms. The van der Waals surface area contributed by atoms with Gasteiger partial charge in [-0.1, -0.05) is 13.8 Å². The maximum atomic E-state index is 14.7. The summed E-state index contributed by atoms with van der Waals surface area (Å²) < 4.78 is 14.7. The van der Waals surface area contributed by atoms with E-state index in [-0.39, 0.29) is 11.4 Å². The Bertz CT molecular complexity index is 481. The Hall–Kier alpha value is -1.16. The van der Waals surface area contributed by atoms with Crippen molar-refractivity contribution >= 4 is 5.82 Å². The highest BCUT2D eigenvalue weighted by molar-refractivity contribution is 5.43. The number of anilines is 1. The number of nitrogens with one attached hydrogen (secondary N) is 1. The van der Waals surface area contributed by atoms with E-state index in [0.29, 0.717) is 23.3 Å². The molecule has 118 valence electrons. The van der Waals surface area contributed by atoms with Gasteiger partial charge in [-0.3, -0.25) is 0 Å². The van der Waals surface area contributed by atoms with Crippen molar-refractivity contribution in [2.24, 2.45) is 5.41 Å². The number of nitrogens with zero attached hydrogens (tertiary/aromatic N) is 2. The van der Waals surface area contributed by atoms with Crippen molar-refractivity contribution in [3.63, 3.8) is 0 Å². The lowest BCUT2D eigenvalue weighted by molar-refractivity contribution is 0.278. The first kappa shape index (κ1) is 16.2. The number of aromatic nitrogens is 1. The summed E-state index contributed by atoms with van der Waals surface area (Å²) in [7, 11) is 0. The summed E-state index contributed by atoms with van der Waals surface area (Å²) in [6.07, 6.45) is 3.88. The molecule has 1 fully saturated rings. The highest BCUT2D eigenvalue weighted by Crippen LogP contribution is 2.32. The minimum absolute atomic E-state index is 0.0228. The van der Waals surface area contributed by atoms with E-state index in [1.54, 1.807) is 12.3 Å². The van der Waals surface area contributed by atoms with E-state index >= 15 is 0 Å². The number of pyridine rings is 1. The smallest absolute Gasteiger partial charge is 0.170 e. The molecule has 3 nitrogen and oxygen atoms in total. The molecule has 0 radical (unpaired) electrons. The fraction of sp³-hybridized carbons (Fsp3) is 0.706. The van der Waals surface area contributed by atoms with Crippen LogP contribution in [0.4, 0.5) is 10.2 Å². The second-order valence-corrected chi connectivity index (χ2v) is 7.86. The third-order valence-electron chi connectivity index (χ3n) is 4.18. The number of hydrogen-bond acceptors (Lipinski definition) is 3. The monoisotopic (exact) mass is 293 g/mol. The summed E-state index contributed by atoms with van der Waals surface area (Å²) >= 11 is 0. The Balaban J connectivity index is 2.11. The van der Waals surface area contributed by atoms with Gasteiger partial charge in [0.1, 0.15) is 0 Å². The molecule has 2 heterocycles. The standard InChI is InChI=1S/C17H28FN3/c1-16(2,3)20-12-13-6-9-19-15(14(13)18)21-10-7-17(4,5)8-11-21/h6,9,20H,7-8,10-12H2,1-5H3. The molecule has 0 bridgehead atoms. The summed E-state index contributed by atoms with van der Waals surface area (Å²) in [5, 5.41) is 3.34. The summed E-state index contributed by atoms with van der Waals surface area (Å²) in [6.45, 7) is 13.1. The second kappa shape index (κ2) is 5.91. The minimum Gasteiger partial charge on any atom is -0.354 e. The van der Waals surface area contributed by atoms with E-state index in [2.05, 4.69) is 49.8 Å². The molecule has 4 heteroatoms. The van der Waals surface area contributed by atoms with Crippen molar-refractivity contribution < 1.29 is 4.39 Å². The fourth-order valence-electron chi connectivity index (χ4n) is 2.51. The van der Waals surface area contributed by atoms with Crippen molar-refractivity contribution in [3.8, 4) is 0 Å². The van der Waals surface area contributed by atoms with Crippen molar-refractivity contribution in [2.75, 3.05) is 18.0 Å². The molecule has 1 aliphatic rings. The average Bonchev–Trinajstić information content (AvgIpc) is 2.37. The zero-order valence-corrected chi connectivity index (χ0v) is 14.0. The van der Waals surface area contributed by atoms with E-state index < -0.39 is 0 Å². The van der Waals surface area contributed by atoms with Crippen molar-refractivity contribution in [2.45, 2.75) is 59.5 Å². The fourth-order valence-corrected chi connectivity index (χ4v) is 2.51. The lowest BCUT2D eigenvalue weighted by Crippen LogP contribution is -2.39. The molecule has 21 heavy (non-hydrogen) atoms. The van der Waals surface area contributed by atoms with Gasteiger partial charge >= 0.3 is 0 Å². The zero-order valence-electron chi connectivity index (χ0n) is 14.0. The van der Waals surface area contributed by atoms with Crippen LogP contribution in [-0.2, 0) is 6.54 Å². The van der Waals surface area contributed by atoms with Gasteiger partial charge in [-0.25, -0.2) is 9.37 Å². The van der Waals surface area contributed by atoms with Gasteiger partial charge < -0.3 is 10.2 Å². The van der Waals surface area contributed by atoms with Gasteiger partial charge in [-0.15, -0.1) is 0 Å². The molecule has 2 rings (SSSR count). The minimum atomic E-state index is -0.172. The number of rotatable bonds is 3. The topological polar surface area (TPSA) is 28.2 Å². The number of piperidine rings is 1. The van der Waals surface area contributed by atoms with Crippen LogP contribution in [0.3, 0.4) is 0 Å². The molecule has 0 unspecified atom stereocenters. The van der Waals surface area contributed by atoms with E-state index in [4.69, 9.17) is 0 Å². The van der Waals surface area contributed by atoms with Gasteiger partial charge in [0, 0.05) is 36.9 Å². The maximum Gasteiger partial charge on any atom is 0.170 e. The summed E-state index contributed by atoms with van der Waals surface area (Å²) in [4.78, 5) is 6.36. The van der Waals surface area contributed by atoms with Crippen LogP contribution in [0.1, 0.15) is 53.0 Å². The van der Waals surface area contributed by atoms with Crippen LogP contribution in [0, 0.1) is 11.2 Å². The van der Waals surface area contributed by atoms with Gasteiger partial charge in [-0.2, -0.15) is 0 Å². The van der Waals surface area contributed by atoms with Gasteiger partial charge in [0.25, 0.3) is 0 Å². The lowest BCUT2D eigenvalue weighted by atomic mass is 9.83. The highest BCUT2D eigenvalue weighted by atomic mass is 19.1. The van der Waals surface area contributed by atoms with Gasteiger partial charge in [0.05, 0.1) is 0 Å². The Labute approximate surface area is 127 Å². The highest BCUT2D eigenvalue weighted by Gasteiger charge is 2.27. The van der Waals surface area contributed by atoms with E-state index in [0.717, 1.165) is 25.9 Å². The number of halogens is 1. The third-order valence-corrected chi connectivity index (χ3v) is 4.18. The summed E-state index contributed by atoms with van der Waals surface area (Å²) in [5.41, 5.74) is 1.03. The average molecular weight is 293 g/mol. The van der Waals surface area contributed by atoms with Crippen LogP contribution in [-0.4, -0.2) is 23.6 Å². The molecule has 1 aromatic heterocycles. The van der Waals surface area contributed by atoms with Crippen molar-refractivity contribution in [1.82, 2.24) is 10.3 Å². The predicted molar refractivity (Wildman–Crippen MR) is 86.0 cm³/mol. The van der Waals surface area contributed by atoms with Crippen molar-refractivity contribution in [3.05, 3.63) is 23.6 Å². The second-order valence-electron chi connectivity index (χ2n) is 7.86. The first-order valence-corrected chi connectivity index (χ1v) is 7.81. The van der Waals surface area contributed by atoms with Gasteiger partial charge in [0.15, 0.2) is 11.6 Å². The Morgan fingerprint density at radius 2 is 1.90 bits per heavy atom. The summed E-state index contributed by atoms with van der Waals surface area (Å²) in [5.74, 6) is 0.340. The van der Waals surface area contributed by atoms with Crippen LogP contribution >= 0.6 is 0 Å². The SMILES string of the molecule is CC1(C)CCN(c2nccc(CNC(C)(C)C)c2F)CC1. The molecular weight excluding hydrogens is 265 g/mol. The van der Waals surface area contributed by atoms with Crippen LogP contribution in [0.25, 0.3) is 0 Å². The third kappa shape index (κ3) is 4.40. The molecule has 1 aromatic rings. The van der Waals surface area contributed by atoms with E-state index in [1.807, 2.05) is 0 Å². The van der Waals surface area contributed by atoms with Crippen LogP contribution in [0.2, 0.25) is 0 Å². The Morgan fingerprint density at radius 3 is 2.48 bits per heavy atom. The van der Waals surface area contributed by atoms with Crippen molar-refractivity contribution in [1.29, 1.82) is 0 Å². The molecule has 0 aromatic carbocycles. The molecule has 1 N–H and O–H groups in total. The Kier molecular flexibility index (Phi) is 4.57. The first-order valence-electron chi connectivity index (χ1n) is 7.81. The lowest BCUT2D eigenvalue weighted by Gasteiger charge is -2.37. The molecule has 0 amide bonds.